The first-order chi connectivity index (χ1) is 27.3. The van der Waals surface area contributed by atoms with Gasteiger partial charge in [-0.15, -0.1) is 0 Å². The summed E-state index contributed by atoms with van der Waals surface area (Å²) in [7, 11) is -1.53. The summed E-state index contributed by atoms with van der Waals surface area (Å²) < 4.78 is 75.6. The molecular formula is C42H51F2N5O7S. The molecule has 5 heterocycles. The molecule has 0 radical (unpaired) electrons. The summed E-state index contributed by atoms with van der Waals surface area (Å²) in [4.78, 5) is 18.8. The number of β-amino-alcohol motifs (C(OH)–C–C–N with tert-alkyl or cyclic N) is 1. The maximum absolute atomic E-state index is 17.4. The van der Waals surface area contributed by atoms with Crippen LogP contribution in [0.4, 0.5) is 14.6 Å². The summed E-state index contributed by atoms with van der Waals surface area (Å²) in [6.45, 7) is 5.61. The Hall–Kier alpha value is -3.92. The molecule has 2 aromatic carbocycles. The lowest BCUT2D eigenvalue weighted by atomic mass is 9.75. The number of sulfone groups is 1. The first-order valence-electron chi connectivity index (χ1n) is 20.3. The monoisotopic (exact) mass is 807 g/mol. The number of pyridine rings is 1. The fourth-order valence-electron chi connectivity index (χ4n) is 11.1. The SMILES string of the molecule is CCc1c(F)ccc2cc(O)cc(-c3nc(OC)c4c(N5CCOCC(C)(O)C5)nc(OCC56CCCC5N(C5CC7CS(=O)(=O)CC7C5)CCC6)nc4c3F)c12. The Morgan fingerprint density at radius 3 is 2.56 bits per heavy atom. The molecule has 5 atom stereocenters. The molecular weight excluding hydrogens is 757 g/mol. The second-order valence-electron chi connectivity index (χ2n) is 17.4. The third kappa shape index (κ3) is 6.85. The van der Waals surface area contributed by atoms with Crippen LogP contribution in [0.3, 0.4) is 0 Å². The van der Waals surface area contributed by atoms with E-state index in [1.165, 1.54) is 25.3 Å². The number of ether oxygens (including phenoxy) is 3. The smallest absolute Gasteiger partial charge is 0.319 e. The van der Waals surface area contributed by atoms with Crippen molar-refractivity contribution in [2.24, 2.45) is 17.3 Å². The van der Waals surface area contributed by atoms with E-state index in [0.29, 0.717) is 53.5 Å². The number of benzene rings is 2. The standard InChI is InChI=1S/C42H51F2N5O7S/c1-4-29-31(43)9-8-24-17-28(50)18-30(33(24)29)36-35(44)37-34(39(45-36)54-3)38(48-13-14-55-22-41(2,51)21-48)47-40(46-37)56-23-42-10-5-7-32(42)49(12-6-11-42)27-15-25-19-57(52,53)20-26(25)16-27/h8-9,17-18,25-27,32,50-51H,4-7,10-16,19-23H2,1-3H3. The van der Waals surface area contributed by atoms with Gasteiger partial charge in [0.15, 0.2) is 15.7 Å². The van der Waals surface area contributed by atoms with Gasteiger partial charge in [0.05, 0.1) is 45.0 Å². The number of likely N-dealkylation sites (tertiary alicyclic amines) is 1. The van der Waals surface area contributed by atoms with Crippen molar-refractivity contribution in [1.82, 2.24) is 19.9 Å². The number of piperidine rings is 1. The van der Waals surface area contributed by atoms with E-state index in [9.17, 15) is 18.6 Å². The zero-order chi connectivity index (χ0) is 39.9. The molecule has 5 fully saturated rings. The summed E-state index contributed by atoms with van der Waals surface area (Å²) in [6, 6.07) is 6.37. The van der Waals surface area contributed by atoms with Gasteiger partial charge in [-0.25, -0.2) is 22.2 Å². The fraction of sp³-hybridized carbons (Fsp3) is 0.595. The van der Waals surface area contributed by atoms with Crippen LogP contribution in [0.25, 0.3) is 32.9 Å². The minimum absolute atomic E-state index is 0.0187. The van der Waals surface area contributed by atoms with Crippen molar-refractivity contribution in [3.63, 3.8) is 0 Å². The average molecular weight is 808 g/mol. The lowest BCUT2D eigenvalue weighted by Gasteiger charge is -2.48. The van der Waals surface area contributed by atoms with Crippen LogP contribution in [-0.2, 0) is 21.0 Å². The molecule has 4 aromatic rings. The molecule has 3 aliphatic heterocycles. The van der Waals surface area contributed by atoms with Crippen LogP contribution in [-0.4, -0.2) is 114 Å². The number of phenols is 1. The Bertz CT molecular complexity index is 2330. The summed E-state index contributed by atoms with van der Waals surface area (Å²) in [5.41, 5.74) is -1.17. The van der Waals surface area contributed by atoms with Gasteiger partial charge in [0.25, 0.3) is 0 Å². The number of fused-ring (bicyclic) bond motifs is 4. The summed E-state index contributed by atoms with van der Waals surface area (Å²) >= 11 is 0. The molecule has 5 unspecified atom stereocenters. The summed E-state index contributed by atoms with van der Waals surface area (Å²) in [5, 5.41) is 23.2. The third-order valence-electron chi connectivity index (χ3n) is 13.5. The number of phenolic OH excluding ortho intramolecular Hbond substituents is 1. The Balaban J connectivity index is 1.13. The zero-order valence-corrected chi connectivity index (χ0v) is 33.6. The van der Waals surface area contributed by atoms with Crippen LogP contribution in [0, 0.1) is 28.9 Å². The van der Waals surface area contributed by atoms with E-state index in [1.807, 2.05) is 11.8 Å². The lowest BCUT2D eigenvalue weighted by Crippen LogP contribution is -2.55. The number of anilines is 1. The zero-order valence-electron chi connectivity index (χ0n) is 32.8. The Morgan fingerprint density at radius 2 is 1.81 bits per heavy atom. The minimum Gasteiger partial charge on any atom is -0.508 e. The molecule has 12 nitrogen and oxygen atoms in total. The molecule has 57 heavy (non-hydrogen) atoms. The number of rotatable bonds is 8. The number of aryl methyl sites for hydroxylation is 1. The van der Waals surface area contributed by atoms with Crippen molar-refractivity contribution in [3.05, 3.63) is 41.5 Å². The third-order valence-corrected chi connectivity index (χ3v) is 15.3. The average Bonchev–Trinajstić information content (AvgIpc) is 3.82. The topological polar surface area (TPSA) is 147 Å². The van der Waals surface area contributed by atoms with Gasteiger partial charge in [0.1, 0.15) is 39.6 Å². The number of aromatic nitrogens is 3. The number of nitrogens with zero attached hydrogens (tertiary/aromatic N) is 5. The van der Waals surface area contributed by atoms with E-state index < -0.39 is 27.1 Å². The van der Waals surface area contributed by atoms with Gasteiger partial charge < -0.3 is 29.3 Å². The number of halogens is 2. The van der Waals surface area contributed by atoms with E-state index >= 15 is 8.78 Å². The molecule has 2 N–H and O–H groups in total. The van der Waals surface area contributed by atoms with Gasteiger partial charge in [0.2, 0.25) is 5.88 Å². The maximum Gasteiger partial charge on any atom is 0.319 e. The number of hydrogen-bond donors (Lipinski definition) is 2. The van der Waals surface area contributed by atoms with Gasteiger partial charge in [0, 0.05) is 29.6 Å². The molecule has 0 amide bonds. The van der Waals surface area contributed by atoms with Crippen LogP contribution in [0.1, 0.15) is 64.4 Å². The van der Waals surface area contributed by atoms with Gasteiger partial charge in [-0.2, -0.15) is 9.97 Å². The second-order valence-corrected chi connectivity index (χ2v) is 19.6. The molecule has 0 bridgehead atoms. The van der Waals surface area contributed by atoms with E-state index in [2.05, 4.69) is 9.88 Å². The number of hydrogen-bond acceptors (Lipinski definition) is 12. The van der Waals surface area contributed by atoms with Gasteiger partial charge >= 0.3 is 6.01 Å². The fourth-order valence-corrected chi connectivity index (χ4v) is 13.4. The summed E-state index contributed by atoms with van der Waals surface area (Å²) in [6.07, 6.45) is 7.14. The summed E-state index contributed by atoms with van der Waals surface area (Å²) in [5.74, 6) is -0.0278. The molecule has 2 aromatic heterocycles. The van der Waals surface area contributed by atoms with Crippen molar-refractivity contribution in [2.45, 2.75) is 82.9 Å². The first kappa shape index (κ1) is 38.6. The van der Waals surface area contributed by atoms with Crippen LogP contribution in [0.5, 0.6) is 17.6 Å². The normalized spacial score (nSPS) is 30.1. The van der Waals surface area contributed by atoms with Crippen molar-refractivity contribution >= 4 is 37.3 Å². The van der Waals surface area contributed by atoms with Crippen molar-refractivity contribution < 1.29 is 41.6 Å². The van der Waals surface area contributed by atoms with Crippen molar-refractivity contribution in [2.75, 3.05) is 63.0 Å². The number of methoxy groups -OCH3 is 1. The van der Waals surface area contributed by atoms with Gasteiger partial charge in [-0.1, -0.05) is 19.4 Å². The van der Waals surface area contributed by atoms with Crippen molar-refractivity contribution in [3.8, 4) is 28.9 Å². The van der Waals surface area contributed by atoms with E-state index in [-0.39, 0.29) is 88.7 Å². The highest BCUT2D eigenvalue weighted by Gasteiger charge is 2.53. The maximum atomic E-state index is 17.4. The predicted octanol–water partition coefficient (Wildman–Crippen LogP) is 5.82. The molecule has 5 aliphatic rings. The predicted molar refractivity (Wildman–Crippen MR) is 212 cm³/mol. The largest absolute Gasteiger partial charge is 0.508 e. The highest BCUT2D eigenvalue weighted by molar-refractivity contribution is 7.91. The van der Waals surface area contributed by atoms with Crippen molar-refractivity contribution in [1.29, 1.82) is 0 Å². The van der Waals surface area contributed by atoms with E-state index in [4.69, 9.17) is 24.2 Å². The van der Waals surface area contributed by atoms with E-state index in [0.717, 1.165) is 51.5 Å². The Labute approximate surface area is 331 Å². The highest BCUT2D eigenvalue weighted by atomic mass is 32.2. The quantitative estimate of drug-likeness (QED) is 0.221. The van der Waals surface area contributed by atoms with Crippen LogP contribution < -0.4 is 14.4 Å². The van der Waals surface area contributed by atoms with Crippen LogP contribution in [0.15, 0.2) is 24.3 Å². The molecule has 2 aliphatic carbocycles. The van der Waals surface area contributed by atoms with E-state index in [1.54, 1.807) is 13.0 Å². The molecule has 306 valence electrons. The molecule has 9 rings (SSSR count). The van der Waals surface area contributed by atoms with Crippen LogP contribution in [0.2, 0.25) is 0 Å². The highest BCUT2D eigenvalue weighted by Crippen LogP contribution is 2.52. The number of aromatic hydroxyl groups is 1. The van der Waals surface area contributed by atoms with Crippen LogP contribution >= 0.6 is 0 Å². The van der Waals surface area contributed by atoms with Gasteiger partial charge in [-0.05, 0) is 105 Å². The molecule has 0 spiro atoms. The molecule has 2 saturated carbocycles. The van der Waals surface area contributed by atoms with Gasteiger partial charge in [-0.3, -0.25) is 4.90 Å². The first-order valence-corrected chi connectivity index (χ1v) is 22.1. The lowest BCUT2D eigenvalue weighted by molar-refractivity contribution is -0.0224. The Morgan fingerprint density at radius 1 is 1.04 bits per heavy atom. The minimum atomic E-state index is -2.95. The Kier molecular flexibility index (Phi) is 9.76. The molecule has 15 heteroatoms. The number of aliphatic hydroxyl groups is 1. The second kappa shape index (κ2) is 14.4. The molecule has 3 saturated heterocycles.